The number of amides is 1. The summed E-state index contributed by atoms with van der Waals surface area (Å²) >= 11 is 1.41. The minimum Gasteiger partial charge on any atom is -0.444 e. The van der Waals surface area contributed by atoms with E-state index in [1.807, 2.05) is 44.2 Å². The molecule has 0 atom stereocenters. The van der Waals surface area contributed by atoms with Crippen LogP contribution in [0.2, 0.25) is 0 Å². The summed E-state index contributed by atoms with van der Waals surface area (Å²) in [7, 11) is 0. The zero-order valence-corrected chi connectivity index (χ0v) is 12.8. The average Bonchev–Trinajstić information content (AvgIpc) is 2.80. The smallest absolute Gasteiger partial charge is 0.412 e. The van der Waals surface area contributed by atoms with Crippen molar-refractivity contribution in [1.82, 2.24) is 0 Å². The van der Waals surface area contributed by atoms with Gasteiger partial charge < -0.3 is 4.74 Å². The summed E-state index contributed by atoms with van der Waals surface area (Å²) in [6.07, 6.45) is 0.227. The van der Waals surface area contributed by atoms with E-state index in [2.05, 4.69) is 11.4 Å². The molecule has 1 aromatic carbocycles. The van der Waals surface area contributed by atoms with Gasteiger partial charge in [0.15, 0.2) is 0 Å². The number of carbonyl (C=O) groups is 1. The lowest BCUT2D eigenvalue weighted by atomic mass is 10.1. The molecule has 1 amide bonds. The summed E-state index contributed by atoms with van der Waals surface area (Å²) in [5.41, 5.74) is 2.45. The quantitative estimate of drug-likeness (QED) is 0.918. The van der Waals surface area contributed by atoms with Crippen molar-refractivity contribution in [2.24, 2.45) is 0 Å². The molecular formula is C16H16N2O2S. The van der Waals surface area contributed by atoms with E-state index in [9.17, 15) is 10.1 Å². The summed E-state index contributed by atoms with van der Waals surface area (Å²) in [5, 5.41) is 12.5. The van der Waals surface area contributed by atoms with E-state index >= 15 is 0 Å². The normalized spacial score (nSPS) is 9.95. The Hall–Kier alpha value is -2.32. The first-order valence-electron chi connectivity index (χ1n) is 6.65. The Morgan fingerprint density at radius 1 is 1.38 bits per heavy atom. The summed E-state index contributed by atoms with van der Waals surface area (Å²) < 4.78 is 5.16. The van der Waals surface area contributed by atoms with Crippen LogP contribution in [0.4, 0.5) is 9.80 Å². The lowest BCUT2D eigenvalue weighted by molar-refractivity contribution is 0.155. The van der Waals surface area contributed by atoms with Gasteiger partial charge in [-0.25, -0.2) is 4.79 Å². The van der Waals surface area contributed by atoms with Crippen LogP contribution in [0.3, 0.4) is 0 Å². The van der Waals surface area contributed by atoms with E-state index in [1.165, 1.54) is 11.3 Å². The number of anilines is 1. The fourth-order valence-corrected chi connectivity index (χ4v) is 3.14. The zero-order valence-electron chi connectivity index (χ0n) is 12.0. The summed E-state index contributed by atoms with van der Waals surface area (Å²) in [6, 6.07) is 11.6. The molecule has 21 heavy (non-hydrogen) atoms. The number of hydrogen-bond acceptors (Lipinski definition) is 4. The molecule has 0 saturated carbocycles. The topological polar surface area (TPSA) is 62.1 Å². The predicted molar refractivity (Wildman–Crippen MR) is 83.4 cm³/mol. The number of thiophene rings is 1. The first-order valence-corrected chi connectivity index (χ1v) is 7.47. The number of nitrogens with zero attached hydrogens (tertiary/aromatic N) is 1. The van der Waals surface area contributed by atoms with Crippen LogP contribution < -0.4 is 5.32 Å². The number of benzene rings is 1. The van der Waals surface area contributed by atoms with E-state index in [-0.39, 0.29) is 6.61 Å². The molecule has 0 unspecified atom stereocenters. The number of hydrogen-bond donors (Lipinski definition) is 1. The molecular weight excluding hydrogens is 284 g/mol. The molecule has 108 valence electrons. The van der Waals surface area contributed by atoms with Crippen LogP contribution in [0.1, 0.15) is 28.5 Å². The third-order valence-electron chi connectivity index (χ3n) is 3.10. The van der Waals surface area contributed by atoms with Crippen LogP contribution in [0.5, 0.6) is 0 Å². The van der Waals surface area contributed by atoms with Gasteiger partial charge in [-0.2, -0.15) is 5.26 Å². The van der Waals surface area contributed by atoms with Crippen LogP contribution in [0, 0.1) is 18.3 Å². The monoisotopic (exact) mass is 300 g/mol. The van der Waals surface area contributed by atoms with Crippen LogP contribution in [-0.2, 0) is 17.8 Å². The first-order chi connectivity index (χ1) is 10.2. The number of aryl methyl sites for hydroxylation is 1. The van der Waals surface area contributed by atoms with Gasteiger partial charge in [-0.05, 0) is 24.5 Å². The van der Waals surface area contributed by atoms with Crippen molar-refractivity contribution in [1.29, 1.82) is 5.26 Å². The van der Waals surface area contributed by atoms with E-state index in [1.54, 1.807) is 0 Å². The Morgan fingerprint density at radius 2 is 2.10 bits per heavy atom. The van der Waals surface area contributed by atoms with Crippen LogP contribution in [-0.4, -0.2) is 6.09 Å². The average molecular weight is 300 g/mol. The molecule has 5 heteroatoms. The maximum absolute atomic E-state index is 11.8. The van der Waals surface area contributed by atoms with Gasteiger partial charge in [-0.1, -0.05) is 37.3 Å². The molecule has 2 rings (SSSR count). The standard InChI is InChI=1S/C16H16N2O2S/c1-3-13-11(2)21-15(14(13)9-17)18-16(19)20-10-12-7-5-4-6-8-12/h4-8H,3,10H2,1-2H3,(H,18,19). The van der Waals surface area contributed by atoms with Crippen LogP contribution in [0.15, 0.2) is 30.3 Å². The van der Waals surface area contributed by atoms with Gasteiger partial charge in [0.1, 0.15) is 17.7 Å². The van der Waals surface area contributed by atoms with Gasteiger partial charge in [-0.15, -0.1) is 11.3 Å². The van der Waals surface area contributed by atoms with Gasteiger partial charge in [0.05, 0.1) is 5.56 Å². The summed E-state index contributed by atoms with van der Waals surface area (Å²) in [4.78, 5) is 12.9. The predicted octanol–water partition coefficient (Wildman–Crippen LogP) is 4.24. The van der Waals surface area contributed by atoms with Crippen molar-refractivity contribution >= 4 is 22.4 Å². The fourth-order valence-electron chi connectivity index (χ4n) is 2.06. The highest BCUT2D eigenvalue weighted by molar-refractivity contribution is 7.16. The molecule has 0 aliphatic carbocycles. The molecule has 0 radical (unpaired) electrons. The summed E-state index contributed by atoms with van der Waals surface area (Å²) in [6.45, 7) is 4.15. The molecule has 0 aliphatic rings. The van der Waals surface area contributed by atoms with Crippen molar-refractivity contribution < 1.29 is 9.53 Å². The Kier molecular flexibility index (Phi) is 4.96. The van der Waals surface area contributed by atoms with Crippen LogP contribution in [0.25, 0.3) is 0 Å². The molecule has 1 N–H and O–H groups in total. The molecule has 2 aromatic rings. The Balaban J connectivity index is 2.02. The molecule has 0 fully saturated rings. The highest BCUT2D eigenvalue weighted by Gasteiger charge is 2.16. The number of nitrogens with one attached hydrogen (secondary N) is 1. The van der Waals surface area contributed by atoms with E-state index in [0.717, 1.165) is 22.4 Å². The molecule has 1 heterocycles. The van der Waals surface area contributed by atoms with Gasteiger partial charge >= 0.3 is 6.09 Å². The first kappa shape index (κ1) is 15.1. The molecule has 0 spiro atoms. The number of carbonyl (C=O) groups excluding carboxylic acids is 1. The largest absolute Gasteiger partial charge is 0.444 e. The second kappa shape index (κ2) is 6.91. The minimum absolute atomic E-state index is 0.208. The molecule has 0 saturated heterocycles. The second-order valence-electron chi connectivity index (χ2n) is 4.49. The Bertz CT molecular complexity index is 672. The van der Waals surface area contributed by atoms with E-state index in [4.69, 9.17) is 4.74 Å². The lowest BCUT2D eigenvalue weighted by Crippen LogP contribution is -2.13. The Morgan fingerprint density at radius 3 is 2.71 bits per heavy atom. The highest BCUT2D eigenvalue weighted by atomic mass is 32.1. The molecule has 0 bridgehead atoms. The number of nitriles is 1. The number of ether oxygens (including phenoxy) is 1. The SMILES string of the molecule is CCc1c(C)sc(NC(=O)OCc2ccccc2)c1C#N. The van der Waals surface area contributed by atoms with Crippen molar-refractivity contribution in [3.63, 3.8) is 0 Å². The van der Waals surface area contributed by atoms with Crippen molar-refractivity contribution in [2.45, 2.75) is 26.9 Å². The Labute approximate surface area is 128 Å². The van der Waals surface area contributed by atoms with E-state index in [0.29, 0.717) is 10.6 Å². The van der Waals surface area contributed by atoms with E-state index < -0.39 is 6.09 Å². The second-order valence-corrected chi connectivity index (χ2v) is 5.72. The zero-order chi connectivity index (χ0) is 15.2. The lowest BCUT2D eigenvalue weighted by Gasteiger charge is -2.06. The minimum atomic E-state index is -0.542. The van der Waals surface area contributed by atoms with Gasteiger partial charge in [-0.3, -0.25) is 5.32 Å². The third kappa shape index (κ3) is 3.61. The van der Waals surface area contributed by atoms with Gasteiger partial charge in [0.2, 0.25) is 0 Å². The molecule has 1 aromatic heterocycles. The van der Waals surface area contributed by atoms with Gasteiger partial charge in [0.25, 0.3) is 0 Å². The van der Waals surface area contributed by atoms with Crippen molar-refractivity contribution in [3.8, 4) is 6.07 Å². The maximum atomic E-state index is 11.8. The van der Waals surface area contributed by atoms with Crippen molar-refractivity contribution in [2.75, 3.05) is 5.32 Å². The highest BCUT2D eigenvalue weighted by Crippen LogP contribution is 2.32. The van der Waals surface area contributed by atoms with Gasteiger partial charge in [0, 0.05) is 4.88 Å². The third-order valence-corrected chi connectivity index (χ3v) is 4.17. The number of rotatable bonds is 4. The van der Waals surface area contributed by atoms with Crippen molar-refractivity contribution in [3.05, 3.63) is 51.9 Å². The molecule has 4 nitrogen and oxygen atoms in total. The van der Waals surface area contributed by atoms with Crippen LogP contribution >= 0.6 is 11.3 Å². The maximum Gasteiger partial charge on any atom is 0.412 e. The molecule has 0 aliphatic heterocycles. The summed E-state index contributed by atoms with van der Waals surface area (Å²) in [5.74, 6) is 0. The fraction of sp³-hybridized carbons (Fsp3) is 0.250.